The van der Waals surface area contributed by atoms with Gasteiger partial charge >= 0.3 is 0 Å². The first-order valence-electron chi connectivity index (χ1n) is 7.62. The van der Waals surface area contributed by atoms with Crippen LogP contribution in [0.4, 0.5) is 5.69 Å². The first-order chi connectivity index (χ1) is 10.2. The van der Waals surface area contributed by atoms with Gasteiger partial charge in [0.15, 0.2) is 0 Å². The maximum Gasteiger partial charge on any atom is 0.107 e. The van der Waals surface area contributed by atoms with Crippen molar-refractivity contribution in [2.75, 3.05) is 23.8 Å². The van der Waals surface area contributed by atoms with E-state index in [1.54, 1.807) is 11.8 Å². The molecule has 0 amide bonds. The Kier molecular flexibility index (Phi) is 6.33. The lowest BCUT2D eigenvalue weighted by Crippen LogP contribution is -2.41. The predicted octanol–water partition coefficient (Wildman–Crippen LogP) is 3.17. The van der Waals surface area contributed by atoms with Crippen molar-refractivity contribution < 1.29 is 5.11 Å². The number of rotatable bonds is 6. The van der Waals surface area contributed by atoms with Gasteiger partial charge in [0, 0.05) is 35.3 Å². The van der Waals surface area contributed by atoms with Crippen molar-refractivity contribution in [3.05, 3.63) is 23.8 Å². The summed E-state index contributed by atoms with van der Waals surface area (Å²) in [5.74, 6) is 0.999. The molecule has 21 heavy (non-hydrogen) atoms. The molecule has 1 atom stereocenters. The van der Waals surface area contributed by atoms with Gasteiger partial charge in [-0.05, 0) is 43.6 Å². The highest BCUT2D eigenvalue weighted by Gasteiger charge is 2.25. The number of benzene rings is 1. The fourth-order valence-corrected chi connectivity index (χ4v) is 4.17. The molecular weight excluding hydrogens is 300 g/mol. The van der Waals surface area contributed by atoms with Gasteiger partial charge in [0.05, 0.1) is 0 Å². The van der Waals surface area contributed by atoms with Crippen molar-refractivity contribution in [2.45, 2.75) is 43.5 Å². The van der Waals surface area contributed by atoms with Gasteiger partial charge in [0.1, 0.15) is 4.99 Å². The molecule has 1 saturated heterocycles. The number of nitrogens with two attached hydrogens (primary N) is 1. The Morgan fingerprint density at radius 1 is 1.48 bits per heavy atom. The maximum absolute atomic E-state index is 9.32. The Balaban J connectivity index is 2.40. The number of nitrogens with zero attached hydrogens (tertiary/aromatic N) is 1. The highest BCUT2D eigenvalue weighted by Crippen LogP contribution is 2.34. The first kappa shape index (κ1) is 16.6. The molecular formula is C16H24N2OS2. The predicted molar refractivity (Wildman–Crippen MR) is 95.4 cm³/mol. The van der Waals surface area contributed by atoms with Crippen molar-refractivity contribution in [1.29, 1.82) is 0 Å². The lowest BCUT2D eigenvalue weighted by Gasteiger charge is -2.38. The summed E-state index contributed by atoms with van der Waals surface area (Å²) < 4.78 is 0. The van der Waals surface area contributed by atoms with Crippen molar-refractivity contribution >= 4 is 34.7 Å². The molecule has 1 aliphatic heterocycles. The van der Waals surface area contributed by atoms with Crippen molar-refractivity contribution in [3.63, 3.8) is 0 Å². The maximum atomic E-state index is 9.32. The van der Waals surface area contributed by atoms with Crippen LogP contribution in [-0.4, -0.2) is 35.0 Å². The molecule has 0 aliphatic carbocycles. The van der Waals surface area contributed by atoms with Crippen LogP contribution in [0.25, 0.3) is 0 Å². The first-order valence-corrected chi connectivity index (χ1v) is 9.01. The minimum Gasteiger partial charge on any atom is -0.396 e. The third-order valence-electron chi connectivity index (χ3n) is 3.95. The van der Waals surface area contributed by atoms with E-state index in [-0.39, 0.29) is 6.61 Å². The topological polar surface area (TPSA) is 49.5 Å². The molecule has 0 spiro atoms. The van der Waals surface area contributed by atoms with Gasteiger partial charge < -0.3 is 15.7 Å². The Morgan fingerprint density at radius 3 is 2.95 bits per heavy atom. The van der Waals surface area contributed by atoms with Crippen LogP contribution in [0.3, 0.4) is 0 Å². The molecule has 1 fully saturated rings. The molecule has 0 saturated carbocycles. The normalized spacial score (nSPS) is 18.8. The summed E-state index contributed by atoms with van der Waals surface area (Å²) in [5, 5.41) is 9.32. The van der Waals surface area contributed by atoms with Crippen molar-refractivity contribution in [2.24, 2.45) is 5.73 Å². The zero-order valence-corrected chi connectivity index (χ0v) is 14.2. The molecule has 1 aromatic carbocycles. The van der Waals surface area contributed by atoms with Gasteiger partial charge in [-0.1, -0.05) is 25.2 Å². The molecule has 0 radical (unpaired) electrons. The second kappa shape index (κ2) is 8.01. The summed E-state index contributed by atoms with van der Waals surface area (Å²) >= 11 is 7.09. The summed E-state index contributed by atoms with van der Waals surface area (Å²) in [7, 11) is 0. The van der Waals surface area contributed by atoms with Gasteiger partial charge in [0.2, 0.25) is 0 Å². The lowest BCUT2D eigenvalue weighted by molar-refractivity contribution is 0.262. The van der Waals surface area contributed by atoms with E-state index in [4.69, 9.17) is 18.0 Å². The minimum atomic E-state index is 0.229. The molecule has 3 nitrogen and oxygen atoms in total. The standard InChI is InChI=1S/C16H24N2OS2/c1-2-21-14-8-5-7-13(15(14)16(17)20)18-10-4-3-6-12(18)9-11-19/h5,7-8,12,19H,2-4,6,9-11H2,1H3,(H2,17,20). The lowest BCUT2D eigenvalue weighted by atomic mass is 9.97. The van der Waals surface area contributed by atoms with Gasteiger partial charge in [-0.15, -0.1) is 11.8 Å². The summed E-state index contributed by atoms with van der Waals surface area (Å²) in [6.45, 7) is 3.38. The average Bonchev–Trinajstić information content (AvgIpc) is 2.48. The van der Waals surface area contributed by atoms with Crippen LogP contribution < -0.4 is 10.6 Å². The van der Waals surface area contributed by atoms with E-state index in [0.29, 0.717) is 11.0 Å². The molecule has 1 aliphatic rings. The average molecular weight is 325 g/mol. The molecule has 0 aromatic heterocycles. The molecule has 1 heterocycles. The Labute approximate surface area is 136 Å². The monoisotopic (exact) mass is 324 g/mol. The van der Waals surface area contributed by atoms with Gasteiger partial charge in [0.25, 0.3) is 0 Å². The smallest absolute Gasteiger partial charge is 0.107 e. The van der Waals surface area contributed by atoms with E-state index >= 15 is 0 Å². The van der Waals surface area contributed by atoms with Crippen LogP contribution in [-0.2, 0) is 0 Å². The summed E-state index contributed by atoms with van der Waals surface area (Å²) in [5.41, 5.74) is 8.16. The minimum absolute atomic E-state index is 0.229. The Bertz CT molecular complexity index is 491. The van der Waals surface area contributed by atoms with Crippen LogP contribution in [0, 0.1) is 0 Å². The zero-order chi connectivity index (χ0) is 15.2. The SMILES string of the molecule is CCSc1cccc(N2CCCCC2CCO)c1C(N)=S. The highest BCUT2D eigenvalue weighted by molar-refractivity contribution is 7.99. The number of thiocarbonyl (C=S) groups is 1. The fourth-order valence-electron chi connectivity index (χ4n) is 3.05. The number of aliphatic hydroxyl groups is 1. The Morgan fingerprint density at radius 2 is 2.29 bits per heavy atom. The number of anilines is 1. The summed E-state index contributed by atoms with van der Waals surface area (Å²) in [4.78, 5) is 4.03. The number of hydrogen-bond acceptors (Lipinski definition) is 4. The molecule has 1 unspecified atom stereocenters. The van der Waals surface area contributed by atoms with Crippen LogP contribution in [0.1, 0.15) is 38.2 Å². The largest absolute Gasteiger partial charge is 0.396 e. The quantitative estimate of drug-likeness (QED) is 0.622. The van der Waals surface area contributed by atoms with Gasteiger partial charge in [-0.2, -0.15) is 0 Å². The molecule has 3 N–H and O–H groups in total. The third-order valence-corrected chi connectivity index (χ3v) is 5.09. The van der Waals surface area contributed by atoms with Gasteiger partial charge in [-0.3, -0.25) is 0 Å². The summed E-state index contributed by atoms with van der Waals surface area (Å²) in [6.07, 6.45) is 4.35. The second-order valence-electron chi connectivity index (χ2n) is 5.30. The van der Waals surface area contributed by atoms with Crippen LogP contribution in [0.2, 0.25) is 0 Å². The van der Waals surface area contributed by atoms with E-state index in [1.165, 1.54) is 12.8 Å². The molecule has 2 rings (SSSR count). The molecule has 116 valence electrons. The zero-order valence-electron chi connectivity index (χ0n) is 12.5. The van der Waals surface area contributed by atoms with E-state index in [1.807, 2.05) is 0 Å². The number of piperidine rings is 1. The van der Waals surface area contributed by atoms with Crippen molar-refractivity contribution in [1.82, 2.24) is 0 Å². The summed E-state index contributed by atoms with van der Waals surface area (Å²) in [6, 6.07) is 6.68. The van der Waals surface area contributed by atoms with E-state index in [9.17, 15) is 5.11 Å². The third kappa shape index (κ3) is 3.90. The highest BCUT2D eigenvalue weighted by atomic mass is 32.2. The number of hydrogen-bond donors (Lipinski definition) is 2. The van der Waals surface area contributed by atoms with Crippen LogP contribution in [0.15, 0.2) is 23.1 Å². The van der Waals surface area contributed by atoms with Crippen molar-refractivity contribution in [3.8, 4) is 0 Å². The van der Waals surface area contributed by atoms with E-state index in [0.717, 1.165) is 41.3 Å². The van der Waals surface area contributed by atoms with Crippen LogP contribution >= 0.6 is 24.0 Å². The van der Waals surface area contributed by atoms with E-state index in [2.05, 4.69) is 30.0 Å². The molecule has 5 heteroatoms. The van der Waals surface area contributed by atoms with Crippen LogP contribution in [0.5, 0.6) is 0 Å². The Hall–Kier alpha value is -0.780. The number of thioether (sulfide) groups is 1. The molecule has 1 aromatic rings. The second-order valence-corrected chi connectivity index (χ2v) is 7.05. The molecule has 0 bridgehead atoms. The van der Waals surface area contributed by atoms with E-state index < -0.39 is 0 Å². The fraction of sp³-hybridized carbons (Fsp3) is 0.562. The van der Waals surface area contributed by atoms with Gasteiger partial charge in [-0.25, -0.2) is 0 Å². The number of aliphatic hydroxyl groups excluding tert-OH is 1.